The molecule has 5 heteroatoms. The van der Waals surface area contributed by atoms with Crippen LogP contribution < -0.4 is 0 Å². The summed E-state index contributed by atoms with van der Waals surface area (Å²) < 4.78 is 11.4. The van der Waals surface area contributed by atoms with Crippen LogP contribution >= 0.6 is 11.3 Å². The van der Waals surface area contributed by atoms with Crippen LogP contribution in [-0.2, 0) is 20.7 Å². The van der Waals surface area contributed by atoms with Crippen LogP contribution in [0.2, 0.25) is 0 Å². The summed E-state index contributed by atoms with van der Waals surface area (Å²) in [5.41, 5.74) is 1.12. The molecule has 0 aromatic carbocycles. The lowest BCUT2D eigenvalue weighted by atomic mass is 10.1. The molecule has 0 N–H and O–H groups in total. The number of fused-ring (bicyclic) bond motifs is 1. The van der Waals surface area contributed by atoms with Crippen LogP contribution in [-0.4, -0.2) is 49.3 Å². The molecule has 1 aliphatic carbocycles. The fraction of sp³-hybridized carbons (Fsp3) is 0.688. The van der Waals surface area contributed by atoms with Crippen LogP contribution in [0.3, 0.4) is 0 Å². The van der Waals surface area contributed by atoms with Gasteiger partial charge in [0.1, 0.15) is 0 Å². The van der Waals surface area contributed by atoms with E-state index in [1.54, 1.807) is 11.3 Å². The molecule has 21 heavy (non-hydrogen) atoms. The molecule has 4 nitrogen and oxygen atoms in total. The quantitative estimate of drug-likeness (QED) is 0.838. The molecule has 0 bridgehead atoms. The SMILES string of the molecule is CCOCC1CC2OCCN(C(=O)Cc3ccsc3)C2C1. The predicted molar refractivity (Wildman–Crippen MR) is 82.5 cm³/mol. The third kappa shape index (κ3) is 3.47. The third-order valence-corrected chi connectivity index (χ3v) is 5.18. The zero-order chi connectivity index (χ0) is 14.7. The van der Waals surface area contributed by atoms with Gasteiger partial charge in [-0.25, -0.2) is 0 Å². The number of amides is 1. The molecule has 1 saturated heterocycles. The Balaban J connectivity index is 1.61. The van der Waals surface area contributed by atoms with Crippen molar-refractivity contribution in [2.45, 2.75) is 38.3 Å². The monoisotopic (exact) mass is 309 g/mol. The Hall–Kier alpha value is -0.910. The molecule has 3 atom stereocenters. The van der Waals surface area contributed by atoms with E-state index < -0.39 is 0 Å². The molecular weight excluding hydrogens is 286 g/mol. The number of hydrogen-bond donors (Lipinski definition) is 0. The highest BCUT2D eigenvalue weighted by molar-refractivity contribution is 7.07. The molecule has 0 spiro atoms. The van der Waals surface area contributed by atoms with Gasteiger partial charge < -0.3 is 14.4 Å². The number of rotatable bonds is 5. The van der Waals surface area contributed by atoms with Crippen molar-refractivity contribution in [1.82, 2.24) is 4.90 Å². The second-order valence-corrected chi connectivity index (χ2v) is 6.65. The smallest absolute Gasteiger partial charge is 0.227 e. The van der Waals surface area contributed by atoms with Crippen LogP contribution in [0.25, 0.3) is 0 Å². The molecule has 116 valence electrons. The average Bonchev–Trinajstić information content (AvgIpc) is 3.12. The van der Waals surface area contributed by atoms with E-state index in [0.717, 1.165) is 38.2 Å². The van der Waals surface area contributed by atoms with Gasteiger partial charge >= 0.3 is 0 Å². The highest BCUT2D eigenvalue weighted by Gasteiger charge is 2.42. The van der Waals surface area contributed by atoms with Gasteiger partial charge in [0.15, 0.2) is 0 Å². The van der Waals surface area contributed by atoms with Gasteiger partial charge in [-0.15, -0.1) is 0 Å². The number of morpholine rings is 1. The highest BCUT2D eigenvalue weighted by atomic mass is 32.1. The molecular formula is C16H23NO3S. The van der Waals surface area contributed by atoms with Crippen LogP contribution in [0.5, 0.6) is 0 Å². The number of carbonyl (C=O) groups is 1. The standard InChI is InChI=1S/C16H23NO3S/c1-2-19-10-13-7-14-15(8-13)20-5-4-17(14)16(18)9-12-3-6-21-11-12/h3,6,11,13-15H,2,4-5,7-10H2,1H3. The van der Waals surface area contributed by atoms with Crippen LogP contribution in [0, 0.1) is 5.92 Å². The van der Waals surface area contributed by atoms with E-state index in [2.05, 4.69) is 10.3 Å². The number of hydrogen-bond acceptors (Lipinski definition) is 4. The molecule has 1 saturated carbocycles. The number of nitrogens with zero attached hydrogens (tertiary/aromatic N) is 1. The summed E-state index contributed by atoms with van der Waals surface area (Å²) in [5, 5.41) is 4.08. The minimum Gasteiger partial charge on any atom is -0.381 e. The van der Waals surface area contributed by atoms with Crippen molar-refractivity contribution in [3.8, 4) is 0 Å². The lowest BCUT2D eigenvalue weighted by Crippen LogP contribution is -2.51. The third-order valence-electron chi connectivity index (χ3n) is 4.45. The van der Waals surface area contributed by atoms with Crippen molar-refractivity contribution in [3.63, 3.8) is 0 Å². The van der Waals surface area contributed by atoms with Crippen molar-refractivity contribution in [2.75, 3.05) is 26.4 Å². The Morgan fingerprint density at radius 3 is 3.19 bits per heavy atom. The van der Waals surface area contributed by atoms with E-state index in [1.807, 2.05) is 18.4 Å². The summed E-state index contributed by atoms with van der Waals surface area (Å²) in [6, 6.07) is 2.28. The van der Waals surface area contributed by atoms with Gasteiger partial charge in [-0.3, -0.25) is 4.79 Å². The first-order valence-corrected chi connectivity index (χ1v) is 8.72. The molecule has 3 unspecified atom stereocenters. The Morgan fingerprint density at radius 2 is 2.43 bits per heavy atom. The minimum absolute atomic E-state index is 0.204. The summed E-state index contributed by atoms with van der Waals surface area (Å²) in [4.78, 5) is 14.6. The topological polar surface area (TPSA) is 38.8 Å². The summed E-state index contributed by atoms with van der Waals surface area (Å²) in [6.07, 6.45) is 2.76. The highest BCUT2D eigenvalue weighted by Crippen LogP contribution is 2.34. The van der Waals surface area contributed by atoms with Crippen LogP contribution in [0.1, 0.15) is 25.3 Å². The molecule has 2 fully saturated rings. The lowest BCUT2D eigenvalue weighted by Gasteiger charge is -2.37. The van der Waals surface area contributed by atoms with Crippen molar-refractivity contribution in [2.24, 2.45) is 5.92 Å². The molecule has 1 amide bonds. The molecule has 0 radical (unpaired) electrons. The first kappa shape index (κ1) is 15.0. The summed E-state index contributed by atoms with van der Waals surface area (Å²) >= 11 is 1.65. The van der Waals surface area contributed by atoms with Gasteiger partial charge in [-0.2, -0.15) is 11.3 Å². The van der Waals surface area contributed by atoms with Gasteiger partial charge in [0, 0.05) is 19.8 Å². The first-order valence-electron chi connectivity index (χ1n) is 7.77. The lowest BCUT2D eigenvalue weighted by molar-refractivity contribution is -0.143. The molecule has 1 aliphatic heterocycles. The average molecular weight is 309 g/mol. The van der Waals surface area contributed by atoms with Crippen LogP contribution in [0.4, 0.5) is 0 Å². The molecule has 1 aromatic heterocycles. The second kappa shape index (κ2) is 6.90. The van der Waals surface area contributed by atoms with Gasteiger partial charge in [-0.1, -0.05) is 0 Å². The minimum atomic E-state index is 0.204. The Labute approximate surface area is 130 Å². The van der Waals surface area contributed by atoms with Gasteiger partial charge in [-0.05, 0) is 48.1 Å². The fourth-order valence-electron chi connectivity index (χ4n) is 3.45. The Kier molecular flexibility index (Phi) is 4.93. The Bertz CT molecular complexity index is 462. The Morgan fingerprint density at radius 1 is 1.52 bits per heavy atom. The maximum Gasteiger partial charge on any atom is 0.227 e. The van der Waals surface area contributed by atoms with Gasteiger partial charge in [0.05, 0.1) is 25.2 Å². The van der Waals surface area contributed by atoms with E-state index in [9.17, 15) is 4.79 Å². The van der Waals surface area contributed by atoms with E-state index in [-0.39, 0.29) is 18.1 Å². The van der Waals surface area contributed by atoms with Crippen molar-refractivity contribution in [3.05, 3.63) is 22.4 Å². The largest absolute Gasteiger partial charge is 0.381 e. The van der Waals surface area contributed by atoms with E-state index in [4.69, 9.17) is 9.47 Å². The first-order chi connectivity index (χ1) is 10.3. The van der Waals surface area contributed by atoms with Gasteiger partial charge in [0.25, 0.3) is 0 Å². The molecule has 3 rings (SSSR count). The summed E-state index contributed by atoms with van der Waals surface area (Å²) in [6.45, 7) is 4.96. The molecule has 1 aromatic rings. The molecule has 2 aliphatic rings. The maximum atomic E-state index is 12.6. The zero-order valence-electron chi connectivity index (χ0n) is 12.5. The van der Waals surface area contributed by atoms with E-state index in [1.165, 1.54) is 0 Å². The normalized spacial score (nSPS) is 28.6. The van der Waals surface area contributed by atoms with Crippen LogP contribution in [0.15, 0.2) is 16.8 Å². The van der Waals surface area contributed by atoms with E-state index >= 15 is 0 Å². The van der Waals surface area contributed by atoms with Crippen molar-refractivity contribution in [1.29, 1.82) is 0 Å². The fourth-order valence-corrected chi connectivity index (χ4v) is 4.12. The summed E-state index contributed by atoms with van der Waals surface area (Å²) in [7, 11) is 0. The summed E-state index contributed by atoms with van der Waals surface area (Å²) in [5.74, 6) is 0.762. The maximum absolute atomic E-state index is 12.6. The van der Waals surface area contributed by atoms with Crippen molar-refractivity contribution >= 4 is 17.2 Å². The number of carbonyl (C=O) groups excluding carboxylic acids is 1. The van der Waals surface area contributed by atoms with Crippen molar-refractivity contribution < 1.29 is 14.3 Å². The van der Waals surface area contributed by atoms with Gasteiger partial charge in [0.2, 0.25) is 5.91 Å². The number of thiophene rings is 1. The predicted octanol–water partition coefficient (Wildman–Crippen LogP) is 2.33. The second-order valence-electron chi connectivity index (χ2n) is 5.87. The number of ether oxygens (including phenoxy) is 2. The van der Waals surface area contributed by atoms with E-state index in [0.29, 0.717) is 18.9 Å². The zero-order valence-corrected chi connectivity index (χ0v) is 13.3. The molecule has 2 heterocycles.